The Morgan fingerprint density at radius 1 is 0.355 bits per heavy atom. The summed E-state index contributed by atoms with van der Waals surface area (Å²) < 4.78 is 4.48. The summed E-state index contributed by atoms with van der Waals surface area (Å²) in [6.45, 7) is 0. The lowest BCUT2D eigenvalue weighted by Crippen LogP contribution is -1.98. The van der Waals surface area contributed by atoms with Crippen molar-refractivity contribution in [2.24, 2.45) is 0 Å². The minimum absolute atomic E-state index is 0.655. The predicted octanol–water partition coefficient (Wildman–Crippen LogP) is 14.4. The largest absolute Gasteiger partial charge is 0.309 e. The Kier molecular flexibility index (Phi) is 8.42. The molecule has 12 aromatic rings. The normalized spacial score (nSPS) is 11.5. The minimum atomic E-state index is 0.655. The van der Waals surface area contributed by atoms with Gasteiger partial charge in [0, 0.05) is 55.2 Å². The number of fused-ring (bicyclic) bond motifs is 6. The van der Waals surface area contributed by atoms with Crippen molar-refractivity contribution in [1.29, 1.82) is 0 Å². The standard InChI is InChI=1S/C57H37N5/c1-4-17-38(18-5-1)49-37-50(39-31-33-45(34-32-39)61-51-29-14-12-27-47(51)48-28-13-15-30-52(48)61)59-57(58-49)44-25-16-24-43(35-44)53-36-42-23-10-11-26-46(42)56-54(40-19-6-2-7-20-40)55(60-62(53)56)41-21-8-3-9-22-41/h1-37H. The number of benzene rings is 8. The molecule has 0 N–H and O–H groups in total. The van der Waals surface area contributed by atoms with Crippen LogP contribution in [0.25, 0.3) is 111 Å². The molecule has 0 aliphatic heterocycles. The molecule has 0 saturated heterocycles. The SMILES string of the molecule is c1ccc(-c2cc(-c3ccc(-n4c5ccccc5c5ccccc54)cc3)nc(-c3cccc(-c4cc5ccccc5c5c(-c6ccccc6)c(-c6ccccc6)nn45)c3)n2)cc1. The van der Waals surface area contributed by atoms with E-state index in [1.807, 2.05) is 6.07 Å². The summed E-state index contributed by atoms with van der Waals surface area (Å²) in [5, 5.41) is 10.2. The summed E-state index contributed by atoms with van der Waals surface area (Å²) in [6.07, 6.45) is 0. The van der Waals surface area contributed by atoms with Crippen molar-refractivity contribution in [2.45, 2.75) is 0 Å². The van der Waals surface area contributed by atoms with Crippen molar-refractivity contribution in [3.8, 4) is 73.2 Å². The number of aromatic nitrogens is 5. The van der Waals surface area contributed by atoms with E-state index in [1.54, 1.807) is 0 Å². The van der Waals surface area contributed by atoms with Crippen molar-refractivity contribution in [2.75, 3.05) is 0 Å². The van der Waals surface area contributed by atoms with Crippen LogP contribution in [0.15, 0.2) is 224 Å². The molecule has 0 radical (unpaired) electrons. The molecular weight excluding hydrogens is 755 g/mol. The molecule has 8 aromatic carbocycles. The Bertz CT molecular complexity index is 3550. The molecule has 0 aliphatic rings. The fourth-order valence-corrected chi connectivity index (χ4v) is 9.05. The third-order valence-corrected chi connectivity index (χ3v) is 11.9. The summed E-state index contributed by atoms with van der Waals surface area (Å²) in [4.78, 5) is 10.5. The van der Waals surface area contributed by atoms with Gasteiger partial charge in [-0.3, -0.25) is 0 Å². The van der Waals surface area contributed by atoms with Crippen molar-refractivity contribution >= 4 is 38.1 Å². The fourth-order valence-electron chi connectivity index (χ4n) is 9.05. The van der Waals surface area contributed by atoms with Gasteiger partial charge in [0.25, 0.3) is 0 Å². The average molecular weight is 792 g/mol. The summed E-state index contributed by atoms with van der Waals surface area (Å²) in [7, 11) is 0. The maximum atomic E-state index is 5.44. The van der Waals surface area contributed by atoms with Crippen LogP contribution in [-0.4, -0.2) is 24.1 Å². The van der Waals surface area contributed by atoms with Crippen LogP contribution in [0.3, 0.4) is 0 Å². The quantitative estimate of drug-likeness (QED) is 0.162. The number of rotatable bonds is 7. The maximum absolute atomic E-state index is 5.44. The number of para-hydroxylation sites is 2. The first kappa shape index (κ1) is 35.5. The third-order valence-electron chi connectivity index (χ3n) is 11.9. The van der Waals surface area contributed by atoms with Gasteiger partial charge in [-0.15, -0.1) is 0 Å². The van der Waals surface area contributed by atoms with Crippen LogP contribution in [0.5, 0.6) is 0 Å². The monoisotopic (exact) mass is 791 g/mol. The van der Waals surface area contributed by atoms with Gasteiger partial charge in [-0.2, -0.15) is 5.10 Å². The van der Waals surface area contributed by atoms with Crippen LogP contribution < -0.4 is 0 Å². The zero-order chi connectivity index (χ0) is 41.0. The summed E-state index contributed by atoms with van der Waals surface area (Å²) >= 11 is 0. The lowest BCUT2D eigenvalue weighted by molar-refractivity contribution is 0.979. The number of hydrogen-bond donors (Lipinski definition) is 0. The smallest absolute Gasteiger partial charge is 0.160 e. The second-order valence-corrected chi connectivity index (χ2v) is 15.7. The Morgan fingerprint density at radius 2 is 0.871 bits per heavy atom. The molecule has 12 rings (SSSR count). The van der Waals surface area contributed by atoms with Gasteiger partial charge in [-0.25, -0.2) is 14.5 Å². The van der Waals surface area contributed by atoms with Crippen LogP contribution >= 0.6 is 0 Å². The molecule has 4 aromatic heterocycles. The van der Waals surface area contributed by atoms with Gasteiger partial charge < -0.3 is 4.57 Å². The second-order valence-electron chi connectivity index (χ2n) is 15.7. The maximum Gasteiger partial charge on any atom is 0.160 e. The Balaban J connectivity index is 1.02. The van der Waals surface area contributed by atoms with E-state index in [0.29, 0.717) is 5.82 Å². The molecule has 0 bridgehead atoms. The van der Waals surface area contributed by atoms with E-state index in [-0.39, 0.29) is 0 Å². The third kappa shape index (κ3) is 5.98. The van der Waals surface area contributed by atoms with Gasteiger partial charge in [0.05, 0.1) is 33.6 Å². The lowest BCUT2D eigenvalue weighted by atomic mass is 9.97. The van der Waals surface area contributed by atoms with Crippen molar-refractivity contribution < 1.29 is 0 Å². The molecule has 5 heteroatoms. The molecule has 0 fully saturated rings. The molecule has 4 heterocycles. The van der Waals surface area contributed by atoms with E-state index < -0.39 is 0 Å². The zero-order valence-electron chi connectivity index (χ0n) is 33.6. The first-order valence-electron chi connectivity index (χ1n) is 20.9. The summed E-state index contributed by atoms with van der Waals surface area (Å²) in [5.41, 5.74) is 15.5. The molecule has 290 valence electrons. The van der Waals surface area contributed by atoms with Gasteiger partial charge >= 0.3 is 0 Å². The van der Waals surface area contributed by atoms with Gasteiger partial charge in [-0.1, -0.05) is 182 Å². The topological polar surface area (TPSA) is 48.0 Å². The highest BCUT2D eigenvalue weighted by molar-refractivity contribution is 6.10. The summed E-state index contributed by atoms with van der Waals surface area (Å²) in [5.74, 6) is 0.655. The first-order valence-corrected chi connectivity index (χ1v) is 20.9. The number of pyridine rings is 1. The van der Waals surface area contributed by atoms with E-state index in [9.17, 15) is 0 Å². The number of nitrogens with zero attached hydrogens (tertiary/aromatic N) is 5. The van der Waals surface area contributed by atoms with E-state index >= 15 is 0 Å². The molecule has 62 heavy (non-hydrogen) atoms. The molecule has 5 nitrogen and oxygen atoms in total. The van der Waals surface area contributed by atoms with E-state index in [0.717, 1.165) is 83.7 Å². The fraction of sp³-hybridized carbons (Fsp3) is 0. The molecule has 0 atom stereocenters. The van der Waals surface area contributed by atoms with Crippen LogP contribution in [0, 0.1) is 0 Å². The van der Waals surface area contributed by atoms with Gasteiger partial charge in [0.1, 0.15) is 5.69 Å². The molecular formula is C57H37N5. The van der Waals surface area contributed by atoms with Crippen LogP contribution in [-0.2, 0) is 0 Å². The minimum Gasteiger partial charge on any atom is -0.309 e. The first-order chi connectivity index (χ1) is 30.7. The van der Waals surface area contributed by atoms with Gasteiger partial charge in [0.2, 0.25) is 0 Å². The van der Waals surface area contributed by atoms with E-state index in [4.69, 9.17) is 15.1 Å². The van der Waals surface area contributed by atoms with Crippen molar-refractivity contribution in [3.05, 3.63) is 224 Å². The zero-order valence-corrected chi connectivity index (χ0v) is 33.6. The second kappa shape index (κ2) is 14.7. The van der Waals surface area contributed by atoms with E-state index in [2.05, 4.69) is 227 Å². The highest BCUT2D eigenvalue weighted by Crippen LogP contribution is 2.41. The van der Waals surface area contributed by atoms with Gasteiger partial charge in [0.15, 0.2) is 5.82 Å². The number of hydrogen-bond acceptors (Lipinski definition) is 3. The molecule has 0 unspecified atom stereocenters. The summed E-state index contributed by atoms with van der Waals surface area (Å²) in [6, 6.07) is 79.0. The molecule has 0 aliphatic carbocycles. The van der Waals surface area contributed by atoms with E-state index in [1.165, 1.54) is 21.8 Å². The van der Waals surface area contributed by atoms with Crippen LogP contribution in [0.4, 0.5) is 0 Å². The van der Waals surface area contributed by atoms with Crippen LogP contribution in [0.2, 0.25) is 0 Å². The lowest BCUT2D eigenvalue weighted by Gasteiger charge is -2.13. The van der Waals surface area contributed by atoms with Crippen LogP contribution in [0.1, 0.15) is 0 Å². The molecule has 0 saturated carbocycles. The highest BCUT2D eigenvalue weighted by Gasteiger charge is 2.22. The average Bonchev–Trinajstić information content (AvgIpc) is 3.92. The molecule has 0 spiro atoms. The van der Waals surface area contributed by atoms with Crippen molar-refractivity contribution in [3.63, 3.8) is 0 Å². The highest BCUT2D eigenvalue weighted by atomic mass is 15.2. The Hall–Kier alpha value is -8.41. The Morgan fingerprint density at radius 3 is 1.53 bits per heavy atom. The molecule has 0 amide bonds. The van der Waals surface area contributed by atoms with Gasteiger partial charge in [-0.05, 0) is 53.4 Å². The predicted molar refractivity (Wildman–Crippen MR) is 255 cm³/mol. The van der Waals surface area contributed by atoms with Crippen molar-refractivity contribution in [1.82, 2.24) is 24.1 Å². The Labute approximate surface area is 358 Å².